The fraction of sp³-hybridized carbons (Fsp3) is 0.0323. The Labute approximate surface area is 195 Å². The summed E-state index contributed by atoms with van der Waals surface area (Å²) in [6, 6.07) is 46.4. The van der Waals surface area contributed by atoms with Crippen molar-refractivity contribution in [3.05, 3.63) is 133 Å². The average Bonchev–Trinajstić information content (AvgIpc) is 3.19. The zero-order chi connectivity index (χ0) is 22.2. The van der Waals surface area contributed by atoms with E-state index in [4.69, 9.17) is 0 Å². The number of benzene rings is 5. The molecule has 6 aromatic rings. The fourth-order valence-corrected chi connectivity index (χ4v) is 7.04. The van der Waals surface area contributed by atoms with E-state index in [1.165, 1.54) is 49.0 Å². The maximum Gasteiger partial charge on any atom is 0.0541 e. The van der Waals surface area contributed by atoms with Crippen LogP contribution in [0.1, 0.15) is 5.56 Å². The average molecular weight is 442 g/mol. The first-order chi connectivity index (χ1) is 16.3. The minimum absolute atomic E-state index is 0.637. The summed E-state index contributed by atoms with van der Waals surface area (Å²) in [4.78, 5) is 0. The van der Waals surface area contributed by atoms with Gasteiger partial charge in [-0.05, 0) is 67.2 Å². The van der Waals surface area contributed by atoms with E-state index in [0.29, 0.717) is 0 Å². The summed E-state index contributed by atoms with van der Waals surface area (Å²) in [5.74, 6) is 0. The molecule has 0 aliphatic carbocycles. The molecule has 6 rings (SSSR count). The topological polar surface area (TPSA) is 4.93 Å². The molecule has 0 unspecified atom stereocenters. The van der Waals surface area contributed by atoms with Crippen LogP contribution in [0.4, 0.5) is 0 Å². The van der Waals surface area contributed by atoms with Crippen molar-refractivity contribution in [1.82, 2.24) is 4.57 Å². The normalized spacial score (nSPS) is 11.5. The standard InChI is InChI=1S/C31H24NP/c1-23-17-19-30-28(21-23)29-22-27(18-20-31(29)32(30)24-11-5-2-6-12-24)33(25-13-7-3-8-14-25)26-15-9-4-10-16-26/h2-22H,1H3. The second-order valence-electron chi connectivity index (χ2n) is 8.40. The molecule has 158 valence electrons. The number of hydrogen-bond acceptors (Lipinski definition) is 0. The van der Waals surface area contributed by atoms with E-state index >= 15 is 0 Å². The van der Waals surface area contributed by atoms with Gasteiger partial charge in [0.25, 0.3) is 0 Å². The van der Waals surface area contributed by atoms with Gasteiger partial charge in [-0.2, -0.15) is 0 Å². The van der Waals surface area contributed by atoms with Gasteiger partial charge in [-0.3, -0.25) is 0 Å². The first kappa shape index (κ1) is 20.0. The summed E-state index contributed by atoms with van der Waals surface area (Å²) < 4.78 is 2.39. The van der Waals surface area contributed by atoms with Crippen LogP contribution >= 0.6 is 7.92 Å². The number of hydrogen-bond donors (Lipinski definition) is 0. The molecule has 0 amide bonds. The highest BCUT2D eigenvalue weighted by molar-refractivity contribution is 7.79. The van der Waals surface area contributed by atoms with Crippen molar-refractivity contribution >= 4 is 45.6 Å². The van der Waals surface area contributed by atoms with Crippen LogP contribution in [0, 0.1) is 6.92 Å². The molecule has 1 nitrogen and oxygen atoms in total. The Kier molecular flexibility index (Phi) is 5.06. The minimum Gasteiger partial charge on any atom is -0.309 e. The highest BCUT2D eigenvalue weighted by atomic mass is 31.1. The van der Waals surface area contributed by atoms with E-state index in [1.807, 2.05) is 0 Å². The van der Waals surface area contributed by atoms with Crippen LogP contribution in [0.3, 0.4) is 0 Å². The Morgan fingerprint density at radius 3 is 1.61 bits per heavy atom. The van der Waals surface area contributed by atoms with Crippen LogP contribution in [-0.2, 0) is 0 Å². The molecule has 0 N–H and O–H groups in total. The molecule has 0 aliphatic heterocycles. The quantitative estimate of drug-likeness (QED) is 0.264. The van der Waals surface area contributed by atoms with Crippen LogP contribution in [0.15, 0.2) is 127 Å². The molecule has 1 aromatic heterocycles. The first-order valence-electron chi connectivity index (χ1n) is 11.3. The lowest BCUT2D eigenvalue weighted by Gasteiger charge is -2.19. The smallest absolute Gasteiger partial charge is 0.0541 e. The number of fused-ring (bicyclic) bond motifs is 3. The van der Waals surface area contributed by atoms with Gasteiger partial charge in [0.15, 0.2) is 0 Å². The van der Waals surface area contributed by atoms with Crippen LogP contribution in [-0.4, -0.2) is 4.57 Å². The molecule has 0 aliphatic rings. The molecule has 0 bridgehead atoms. The Morgan fingerprint density at radius 1 is 0.485 bits per heavy atom. The summed E-state index contributed by atoms with van der Waals surface area (Å²) in [7, 11) is -0.637. The molecule has 0 saturated carbocycles. The first-order valence-corrected chi connectivity index (χ1v) is 12.6. The van der Waals surface area contributed by atoms with Gasteiger partial charge in [0, 0.05) is 16.5 Å². The fourth-order valence-electron chi connectivity index (χ4n) is 4.72. The van der Waals surface area contributed by atoms with Crippen molar-refractivity contribution in [3.8, 4) is 5.69 Å². The number of aryl methyl sites for hydroxylation is 1. The molecule has 2 heteroatoms. The zero-order valence-electron chi connectivity index (χ0n) is 18.5. The molecule has 0 saturated heterocycles. The Balaban J connectivity index is 1.64. The largest absolute Gasteiger partial charge is 0.309 e. The molecule has 0 atom stereocenters. The molecular weight excluding hydrogens is 417 g/mol. The van der Waals surface area contributed by atoms with Gasteiger partial charge >= 0.3 is 0 Å². The van der Waals surface area contributed by atoms with Crippen molar-refractivity contribution in [2.75, 3.05) is 0 Å². The van der Waals surface area contributed by atoms with Gasteiger partial charge in [-0.1, -0.05) is 96.6 Å². The van der Waals surface area contributed by atoms with E-state index < -0.39 is 7.92 Å². The van der Waals surface area contributed by atoms with Gasteiger partial charge in [0.05, 0.1) is 11.0 Å². The molecule has 5 aromatic carbocycles. The van der Waals surface area contributed by atoms with Crippen molar-refractivity contribution in [2.45, 2.75) is 6.92 Å². The van der Waals surface area contributed by atoms with E-state index in [-0.39, 0.29) is 0 Å². The maximum absolute atomic E-state index is 2.43. The van der Waals surface area contributed by atoms with Crippen molar-refractivity contribution in [2.24, 2.45) is 0 Å². The van der Waals surface area contributed by atoms with Crippen LogP contribution < -0.4 is 15.9 Å². The second-order valence-corrected chi connectivity index (χ2v) is 10.6. The van der Waals surface area contributed by atoms with Gasteiger partial charge < -0.3 is 4.57 Å². The van der Waals surface area contributed by atoms with Gasteiger partial charge in [0.1, 0.15) is 0 Å². The van der Waals surface area contributed by atoms with Crippen molar-refractivity contribution in [3.63, 3.8) is 0 Å². The number of aromatic nitrogens is 1. The maximum atomic E-state index is 2.43. The van der Waals surface area contributed by atoms with Crippen molar-refractivity contribution < 1.29 is 0 Å². The number of rotatable bonds is 4. The molecule has 0 radical (unpaired) electrons. The van der Waals surface area contributed by atoms with E-state index in [9.17, 15) is 0 Å². The summed E-state index contributed by atoms with van der Waals surface area (Å²) in [6.45, 7) is 2.18. The monoisotopic (exact) mass is 441 g/mol. The highest BCUT2D eigenvalue weighted by Crippen LogP contribution is 2.37. The van der Waals surface area contributed by atoms with Crippen LogP contribution in [0.5, 0.6) is 0 Å². The van der Waals surface area contributed by atoms with Gasteiger partial charge in [-0.25, -0.2) is 0 Å². The molecule has 33 heavy (non-hydrogen) atoms. The summed E-state index contributed by atoms with van der Waals surface area (Å²) in [5.41, 5.74) is 4.99. The summed E-state index contributed by atoms with van der Waals surface area (Å²) >= 11 is 0. The lowest BCUT2D eigenvalue weighted by atomic mass is 10.1. The summed E-state index contributed by atoms with van der Waals surface area (Å²) in [6.07, 6.45) is 0. The van der Waals surface area contributed by atoms with Gasteiger partial charge in [-0.15, -0.1) is 0 Å². The number of nitrogens with zero attached hydrogens (tertiary/aromatic N) is 1. The Bertz CT molecular complexity index is 1510. The lowest BCUT2D eigenvalue weighted by molar-refractivity contribution is 1.18. The number of para-hydroxylation sites is 1. The predicted octanol–water partition coefficient (Wildman–Crippen LogP) is 6.85. The summed E-state index contributed by atoms with van der Waals surface area (Å²) in [5, 5.41) is 6.76. The highest BCUT2D eigenvalue weighted by Gasteiger charge is 2.19. The molecule has 1 heterocycles. The third-order valence-electron chi connectivity index (χ3n) is 6.21. The van der Waals surface area contributed by atoms with Crippen LogP contribution in [0.25, 0.3) is 27.5 Å². The predicted molar refractivity (Wildman–Crippen MR) is 144 cm³/mol. The van der Waals surface area contributed by atoms with Crippen LogP contribution in [0.2, 0.25) is 0 Å². The third-order valence-corrected chi connectivity index (χ3v) is 8.63. The Morgan fingerprint density at radius 2 is 1.00 bits per heavy atom. The Hall–Kier alpha value is -3.67. The van der Waals surface area contributed by atoms with E-state index in [1.54, 1.807) is 0 Å². The lowest BCUT2D eigenvalue weighted by Crippen LogP contribution is -2.20. The molecule has 0 spiro atoms. The third kappa shape index (κ3) is 3.55. The van der Waals surface area contributed by atoms with Crippen molar-refractivity contribution in [1.29, 1.82) is 0 Å². The van der Waals surface area contributed by atoms with E-state index in [2.05, 4.69) is 139 Å². The SMILES string of the molecule is Cc1ccc2c(c1)c1cc(P(c3ccccc3)c3ccccc3)ccc1n2-c1ccccc1. The molecule has 0 fully saturated rings. The second kappa shape index (κ2) is 8.35. The van der Waals surface area contributed by atoms with E-state index in [0.717, 1.165) is 0 Å². The zero-order valence-corrected chi connectivity index (χ0v) is 19.4. The van der Waals surface area contributed by atoms with Gasteiger partial charge in [0.2, 0.25) is 0 Å². The minimum atomic E-state index is -0.637. The molecular formula is C31H24NP.